The van der Waals surface area contributed by atoms with Crippen LogP contribution < -0.4 is 5.43 Å². The Balaban J connectivity index is 2.13. The van der Waals surface area contributed by atoms with Crippen molar-refractivity contribution in [1.29, 1.82) is 0 Å². The first-order valence-electron chi connectivity index (χ1n) is 5.66. The Morgan fingerprint density at radius 2 is 1.72 bits per heavy atom. The number of anilines is 1. The summed E-state index contributed by atoms with van der Waals surface area (Å²) in [6.45, 7) is 4.13. The molecule has 0 heterocycles. The summed E-state index contributed by atoms with van der Waals surface area (Å²) in [5.74, 6) is 0. The van der Waals surface area contributed by atoms with Crippen LogP contribution in [0.5, 0.6) is 0 Å². The van der Waals surface area contributed by atoms with Gasteiger partial charge in [0.25, 0.3) is 0 Å². The molecule has 0 aliphatic carbocycles. The van der Waals surface area contributed by atoms with E-state index in [1.54, 1.807) is 0 Å². The normalized spacial score (nSPS) is 10.8. The second-order valence-electron chi connectivity index (χ2n) is 4.02. The zero-order valence-electron chi connectivity index (χ0n) is 10.3. The van der Waals surface area contributed by atoms with Gasteiger partial charge in [-0.15, -0.1) is 5.11 Å². The average molecular weight is 304 g/mol. The Kier molecular flexibility index (Phi) is 4.10. The molecule has 0 radical (unpaired) electrons. The molecule has 0 fully saturated rings. The maximum absolute atomic E-state index is 4.17. The fraction of sp³-hybridized carbons (Fsp3) is 0.143. The smallest absolute Gasteiger partial charge is 0.102 e. The number of nitrogens with zero attached hydrogens (tertiary/aromatic N) is 2. The van der Waals surface area contributed by atoms with Crippen LogP contribution in [-0.2, 0) is 0 Å². The van der Waals surface area contributed by atoms with Gasteiger partial charge in [0.15, 0.2) is 0 Å². The van der Waals surface area contributed by atoms with E-state index < -0.39 is 0 Å². The molecule has 0 spiro atoms. The van der Waals surface area contributed by atoms with Gasteiger partial charge in [-0.1, -0.05) is 29.5 Å². The van der Waals surface area contributed by atoms with Crippen molar-refractivity contribution in [2.24, 2.45) is 10.3 Å². The molecule has 0 atom stereocenters. The summed E-state index contributed by atoms with van der Waals surface area (Å²) in [5, 5.41) is 8.16. The molecular formula is C14H14BrN3. The Hall–Kier alpha value is -1.68. The van der Waals surface area contributed by atoms with Gasteiger partial charge in [-0.05, 0) is 59.1 Å². The molecule has 0 aliphatic heterocycles. The zero-order valence-corrected chi connectivity index (χ0v) is 11.9. The second-order valence-corrected chi connectivity index (χ2v) is 4.81. The lowest BCUT2D eigenvalue weighted by atomic mass is 10.1. The Bertz CT molecular complexity index is 565. The maximum Gasteiger partial charge on any atom is 0.102 e. The predicted molar refractivity (Wildman–Crippen MR) is 78.2 cm³/mol. The summed E-state index contributed by atoms with van der Waals surface area (Å²) in [4.78, 5) is 0. The Morgan fingerprint density at radius 1 is 1.00 bits per heavy atom. The summed E-state index contributed by atoms with van der Waals surface area (Å²) in [6, 6.07) is 13.7. The average Bonchev–Trinajstić information content (AvgIpc) is 2.40. The van der Waals surface area contributed by atoms with Gasteiger partial charge in [0.05, 0.1) is 5.69 Å². The first-order chi connectivity index (χ1) is 8.68. The lowest BCUT2D eigenvalue weighted by Gasteiger charge is -2.05. The van der Waals surface area contributed by atoms with Crippen LogP contribution in [0.4, 0.5) is 11.4 Å². The monoisotopic (exact) mass is 303 g/mol. The molecule has 1 N–H and O–H groups in total. The summed E-state index contributed by atoms with van der Waals surface area (Å²) in [5.41, 5.74) is 7.05. The number of rotatable bonds is 3. The van der Waals surface area contributed by atoms with Crippen molar-refractivity contribution in [2.45, 2.75) is 13.8 Å². The van der Waals surface area contributed by atoms with Crippen LogP contribution >= 0.6 is 15.9 Å². The summed E-state index contributed by atoms with van der Waals surface area (Å²) >= 11 is 3.54. The third-order valence-corrected chi connectivity index (χ3v) is 3.75. The lowest BCUT2D eigenvalue weighted by molar-refractivity contribution is 1.12. The summed E-state index contributed by atoms with van der Waals surface area (Å²) in [7, 11) is 0. The van der Waals surface area contributed by atoms with Crippen LogP contribution in [0.3, 0.4) is 0 Å². The molecule has 0 unspecified atom stereocenters. The quantitative estimate of drug-likeness (QED) is 0.616. The highest BCUT2D eigenvalue weighted by Crippen LogP contribution is 2.30. The van der Waals surface area contributed by atoms with Gasteiger partial charge in [-0.25, -0.2) is 0 Å². The summed E-state index contributed by atoms with van der Waals surface area (Å²) in [6.07, 6.45) is 0. The van der Waals surface area contributed by atoms with Crippen LogP contribution in [-0.4, -0.2) is 0 Å². The molecule has 0 bridgehead atoms. The van der Waals surface area contributed by atoms with E-state index in [1.165, 1.54) is 11.1 Å². The molecule has 0 aliphatic rings. The molecule has 92 valence electrons. The lowest BCUT2D eigenvalue weighted by Crippen LogP contribution is -1.86. The van der Waals surface area contributed by atoms with E-state index in [0.717, 1.165) is 15.8 Å². The fourth-order valence-electron chi connectivity index (χ4n) is 1.49. The van der Waals surface area contributed by atoms with Crippen molar-refractivity contribution in [3.05, 3.63) is 58.1 Å². The van der Waals surface area contributed by atoms with Crippen LogP contribution in [0.2, 0.25) is 0 Å². The first kappa shape index (κ1) is 12.8. The zero-order chi connectivity index (χ0) is 13.0. The van der Waals surface area contributed by atoms with Crippen LogP contribution in [0, 0.1) is 13.8 Å². The molecular weight excluding hydrogens is 290 g/mol. The minimum absolute atomic E-state index is 0.821. The van der Waals surface area contributed by atoms with Crippen molar-refractivity contribution in [1.82, 2.24) is 0 Å². The number of aryl methyl sites for hydroxylation is 1. The van der Waals surface area contributed by atoms with E-state index in [1.807, 2.05) is 42.5 Å². The van der Waals surface area contributed by atoms with Gasteiger partial charge in [-0.2, -0.15) is 0 Å². The third-order valence-electron chi connectivity index (χ3n) is 2.75. The topological polar surface area (TPSA) is 36.8 Å². The standard InChI is InChI=1S/C14H14BrN3/c1-10-8-9-13(14(15)11(10)2)17-18-16-12-6-4-3-5-7-12/h3-9H,1-2H3,(H,16,17). The molecule has 4 heteroatoms. The van der Waals surface area contributed by atoms with E-state index in [2.05, 4.69) is 45.5 Å². The van der Waals surface area contributed by atoms with Gasteiger partial charge in [0.1, 0.15) is 5.69 Å². The molecule has 2 aromatic carbocycles. The van der Waals surface area contributed by atoms with Crippen molar-refractivity contribution < 1.29 is 0 Å². The number of benzene rings is 2. The molecule has 0 saturated carbocycles. The molecule has 2 aromatic rings. The largest absolute Gasteiger partial charge is 0.260 e. The summed E-state index contributed by atoms with van der Waals surface area (Å²) < 4.78 is 0.987. The second kappa shape index (κ2) is 5.78. The van der Waals surface area contributed by atoms with Gasteiger partial charge in [0.2, 0.25) is 0 Å². The van der Waals surface area contributed by atoms with Crippen molar-refractivity contribution in [2.75, 3.05) is 5.43 Å². The van der Waals surface area contributed by atoms with Gasteiger partial charge in [-0.3, -0.25) is 5.43 Å². The fourth-order valence-corrected chi connectivity index (χ4v) is 2.02. The molecule has 0 saturated heterocycles. The van der Waals surface area contributed by atoms with E-state index in [0.29, 0.717) is 0 Å². The van der Waals surface area contributed by atoms with E-state index in [4.69, 9.17) is 0 Å². The van der Waals surface area contributed by atoms with E-state index in [-0.39, 0.29) is 0 Å². The number of hydrogen-bond donors (Lipinski definition) is 1. The highest BCUT2D eigenvalue weighted by atomic mass is 79.9. The Morgan fingerprint density at radius 3 is 2.44 bits per heavy atom. The number of hydrogen-bond acceptors (Lipinski definition) is 2. The van der Waals surface area contributed by atoms with Crippen molar-refractivity contribution in [3.8, 4) is 0 Å². The molecule has 3 nitrogen and oxygen atoms in total. The van der Waals surface area contributed by atoms with Crippen molar-refractivity contribution in [3.63, 3.8) is 0 Å². The number of para-hydroxylation sites is 1. The minimum atomic E-state index is 0.821. The van der Waals surface area contributed by atoms with Crippen LogP contribution in [0.25, 0.3) is 0 Å². The maximum atomic E-state index is 4.17. The number of halogens is 1. The van der Waals surface area contributed by atoms with E-state index >= 15 is 0 Å². The predicted octanol–water partition coefficient (Wildman–Crippen LogP) is 5.18. The van der Waals surface area contributed by atoms with Gasteiger partial charge < -0.3 is 0 Å². The highest BCUT2D eigenvalue weighted by molar-refractivity contribution is 9.10. The molecule has 0 aromatic heterocycles. The molecule has 18 heavy (non-hydrogen) atoms. The van der Waals surface area contributed by atoms with Gasteiger partial charge in [0, 0.05) is 4.47 Å². The van der Waals surface area contributed by atoms with Crippen molar-refractivity contribution >= 4 is 27.3 Å². The molecule has 2 rings (SSSR count). The minimum Gasteiger partial charge on any atom is -0.260 e. The first-order valence-corrected chi connectivity index (χ1v) is 6.45. The van der Waals surface area contributed by atoms with Gasteiger partial charge >= 0.3 is 0 Å². The van der Waals surface area contributed by atoms with Crippen LogP contribution in [0.15, 0.2) is 57.3 Å². The Labute approximate surface area is 115 Å². The number of nitrogens with one attached hydrogen (secondary N) is 1. The SMILES string of the molecule is Cc1ccc(N=NNc2ccccc2)c(Br)c1C. The van der Waals surface area contributed by atoms with Crippen LogP contribution in [0.1, 0.15) is 11.1 Å². The molecule has 0 amide bonds. The highest BCUT2D eigenvalue weighted by Gasteiger charge is 2.03. The third kappa shape index (κ3) is 2.96. The van der Waals surface area contributed by atoms with E-state index in [9.17, 15) is 0 Å².